The maximum atomic E-state index is 14.5. The molecule has 126 valence electrons. The molecule has 1 aromatic carbocycles. The van der Waals surface area contributed by atoms with Gasteiger partial charge in [0.15, 0.2) is 0 Å². The van der Waals surface area contributed by atoms with E-state index in [1.807, 2.05) is 0 Å². The van der Waals surface area contributed by atoms with Crippen molar-refractivity contribution in [3.8, 4) is 11.1 Å². The zero-order valence-corrected chi connectivity index (χ0v) is 13.1. The monoisotopic (exact) mass is 333 g/mol. The molecule has 1 heterocycles. The Balaban J connectivity index is 2.05. The fourth-order valence-corrected chi connectivity index (χ4v) is 2.52. The molecule has 0 N–H and O–H groups in total. The highest BCUT2D eigenvalue weighted by molar-refractivity contribution is 5.98. The highest BCUT2D eigenvalue weighted by Crippen LogP contribution is 2.33. The van der Waals surface area contributed by atoms with Crippen LogP contribution in [-0.2, 0) is 11.3 Å². The van der Waals surface area contributed by atoms with Crippen LogP contribution in [0.1, 0.15) is 30.1 Å². The first-order valence-electron chi connectivity index (χ1n) is 7.67. The number of esters is 1. The Kier molecular flexibility index (Phi) is 4.28. The Labute approximate surface area is 137 Å². The van der Waals surface area contributed by atoms with E-state index in [0.717, 1.165) is 31.5 Å². The number of carbonyl (C=O) groups is 1. The van der Waals surface area contributed by atoms with Gasteiger partial charge in [-0.3, -0.25) is 14.8 Å². The molecule has 7 nitrogen and oxygen atoms in total. The molecule has 1 aliphatic rings. The van der Waals surface area contributed by atoms with Crippen molar-refractivity contribution in [1.29, 1.82) is 0 Å². The number of nitro benzene ring substituents is 1. The van der Waals surface area contributed by atoms with Crippen LogP contribution in [0, 0.1) is 21.8 Å². The summed E-state index contributed by atoms with van der Waals surface area (Å²) in [4.78, 5) is 22.3. The van der Waals surface area contributed by atoms with E-state index < -0.39 is 22.4 Å². The fraction of sp³-hybridized carbons (Fsp3) is 0.375. The third-order valence-corrected chi connectivity index (χ3v) is 3.85. The van der Waals surface area contributed by atoms with E-state index in [4.69, 9.17) is 4.74 Å². The van der Waals surface area contributed by atoms with E-state index in [2.05, 4.69) is 5.10 Å². The largest absolute Gasteiger partial charge is 0.462 e. The lowest BCUT2D eigenvalue weighted by molar-refractivity contribution is -0.385. The van der Waals surface area contributed by atoms with Crippen molar-refractivity contribution in [2.24, 2.45) is 5.92 Å². The fourth-order valence-electron chi connectivity index (χ4n) is 2.52. The molecule has 1 aromatic heterocycles. The van der Waals surface area contributed by atoms with Gasteiger partial charge in [-0.2, -0.15) is 5.10 Å². The molecule has 0 atom stereocenters. The molecule has 24 heavy (non-hydrogen) atoms. The molecule has 1 fully saturated rings. The molecular weight excluding hydrogens is 317 g/mol. The Morgan fingerprint density at radius 3 is 2.88 bits per heavy atom. The number of halogens is 1. The number of non-ortho nitro benzene ring substituents is 1. The van der Waals surface area contributed by atoms with E-state index in [1.165, 1.54) is 6.20 Å². The highest BCUT2D eigenvalue weighted by Gasteiger charge is 2.26. The minimum absolute atomic E-state index is 0.0268. The summed E-state index contributed by atoms with van der Waals surface area (Å²) in [5.41, 5.74) is -0.300. The molecule has 0 aliphatic heterocycles. The Bertz CT molecular complexity index is 799. The number of nitrogens with zero attached hydrogens (tertiary/aromatic N) is 3. The van der Waals surface area contributed by atoms with E-state index >= 15 is 0 Å². The maximum absolute atomic E-state index is 14.5. The standard InChI is InChI=1S/C16H16FN3O4/c1-2-24-16(21)13-5-12(20(22)23)6-14(17)15(13)11-7-18-19(9-11)8-10-3-4-10/h5-7,9-10H,2-4,8H2,1H3. The summed E-state index contributed by atoms with van der Waals surface area (Å²) in [6.07, 6.45) is 5.39. The maximum Gasteiger partial charge on any atom is 0.339 e. The quantitative estimate of drug-likeness (QED) is 0.460. The molecule has 0 saturated heterocycles. The van der Waals surface area contributed by atoms with Crippen LogP contribution in [0.15, 0.2) is 24.5 Å². The van der Waals surface area contributed by atoms with Gasteiger partial charge < -0.3 is 4.74 Å². The predicted octanol–water partition coefficient (Wildman–Crippen LogP) is 3.18. The van der Waals surface area contributed by atoms with Gasteiger partial charge in [0.1, 0.15) is 5.82 Å². The molecule has 8 heteroatoms. The van der Waals surface area contributed by atoms with Crippen LogP contribution < -0.4 is 0 Å². The molecule has 2 aromatic rings. The molecule has 0 radical (unpaired) electrons. The number of benzene rings is 1. The van der Waals surface area contributed by atoms with Crippen molar-refractivity contribution < 1.29 is 18.8 Å². The van der Waals surface area contributed by atoms with Crippen LogP contribution in [0.25, 0.3) is 11.1 Å². The summed E-state index contributed by atoms with van der Waals surface area (Å²) < 4.78 is 21.1. The molecule has 3 rings (SSSR count). The van der Waals surface area contributed by atoms with Crippen molar-refractivity contribution in [3.05, 3.63) is 46.0 Å². The lowest BCUT2D eigenvalue weighted by Gasteiger charge is -2.08. The minimum atomic E-state index is -0.849. The van der Waals surface area contributed by atoms with Crippen LogP contribution in [0.3, 0.4) is 0 Å². The highest BCUT2D eigenvalue weighted by atomic mass is 19.1. The molecule has 1 aliphatic carbocycles. The van der Waals surface area contributed by atoms with Gasteiger partial charge in [0.25, 0.3) is 5.69 Å². The van der Waals surface area contributed by atoms with E-state index in [-0.39, 0.29) is 17.7 Å². The van der Waals surface area contributed by atoms with Gasteiger partial charge in [-0.05, 0) is 25.7 Å². The predicted molar refractivity (Wildman–Crippen MR) is 83.0 cm³/mol. The van der Waals surface area contributed by atoms with Gasteiger partial charge in [0, 0.05) is 29.9 Å². The smallest absolute Gasteiger partial charge is 0.339 e. The van der Waals surface area contributed by atoms with E-state index in [9.17, 15) is 19.3 Å². The van der Waals surface area contributed by atoms with Crippen molar-refractivity contribution in [1.82, 2.24) is 9.78 Å². The van der Waals surface area contributed by atoms with Gasteiger partial charge in [-0.1, -0.05) is 0 Å². The number of aromatic nitrogens is 2. The van der Waals surface area contributed by atoms with Crippen molar-refractivity contribution in [2.45, 2.75) is 26.3 Å². The molecule has 0 unspecified atom stereocenters. The number of ether oxygens (including phenoxy) is 1. The van der Waals surface area contributed by atoms with Crippen LogP contribution in [0.2, 0.25) is 0 Å². The normalized spacial score (nSPS) is 13.8. The second-order valence-corrected chi connectivity index (χ2v) is 5.72. The third kappa shape index (κ3) is 3.27. The van der Waals surface area contributed by atoms with Crippen LogP contribution in [-0.4, -0.2) is 27.3 Å². The van der Waals surface area contributed by atoms with Crippen LogP contribution in [0.4, 0.5) is 10.1 Å². The SMILES string of the molecule is CCOC(=O)c1cc([N+](=O)[O-])cc(F)c1-c1cnn(CC2CC2)c1. The number of rotatable bonds is 6. The van der Waals surface area contributed by atoms with Crippen molar-refractivity contribution in [2.75, 3.05) is 6.61 Å². The van der Waals surface area contributed by atoms with Crippen molar-refractivity contribution in [3.63, 3.8) is 0 Å². The minimum Gasteiger partial charge on any atom is -0.462 e. The lowest BCUT2D eigenvalue weighted by Crippen LogP contribution is -2.09. The summed E-state index contributed by atoms with van der Waals surface area (Å²) in [6.45, 7) is 2.44. The number of carbonyl (C=O) groups excluding carboxylic acids is 1. The van der Waals surface area contributed by atoms with Gasteiger partial charge in [0.05, 0.1) is 29.4 Å². The second kappa shape index (κ2) is 6.38. The van der Waals surface area contributed by atoms with Crippen molar-refractivity contribution >= 4 is 11.7 Å². The summed E-state index contributed by atoms with van der Waals surface area (Å²) >= 11 is 0. The van der Waals surface area contributed by atoms with Crippen LogP contribution >= 0.6 is 0 Å². The average molecular weight is 333 g/mol. The van der Waals surface area contributed by atoms with E-state index in [1.54, 1.807) is 17.8 Å². The lowest BCUT2D eigenvalue weighted by atomic mass is 10.0. The zero-order valence-electron chi connectivity index (χ0n) is 13.1. The van der Waals surface area contributed by atoms with E-state index in [0.29, 0.717) is 11.5 Å². The summed E-state index contributed by atoms with van der Waals surface area (Å²) in [5, 5.41) is 15.1. The topological polar surface area (TPSA) is 87.3 Å². The Hall–Kier alpha value is -2.77. The first-order valence-corrected chi connectivity index (χ1v) is 7.67. The molecule has 1 saturated carbocycles. The second-order valence-electron chi connectivity index (χ2n) is 5.72. The van der Waals surface area contributed by atoms with Gasteiger partial charge in [-0.15, -0.1) is 0 Å². The molecule has 0 spiro atoms. The number of hydrogen-bond donors (Lipinski definition) is 0. The first-order chi connectivity index (χ1) is 11.5. The summed E-state index contributed by atoms with van der Waals surface area (Å²) in [7, 11) is 0. The van der Waals surface area contributed by atoms with Crippen LogP contribution in [0.5, 0.6) is 0 Å². The number of nitro groups is 1. The summed E-state index contributed by atoms with van der Waals surface area (Å²) in [5.74, 6) is -1.06. The Morgan fingerprint density at radius 2 is 2.25 bits per heavy atom. The Morgan fingerprint density at radius 1 is 1.50 bits per heavy atom. The molecule has 0 bridgehead atoms. The number of hydrogen-bond acceptors (Lipinski definition) is 5. The zero-order chi connectivity index (χ0) is 17.3. The molecule has 0 amide bonds. The molecular formula is C16H16FN3O4. The third-order valence-electron chi connectivity index (χ3n) is 3.85. The summed E-state index contributed by atoms with van der Waals surface area (Å²) in [6, 6.07) is 1.84. The van der Waals surface area contributed by atoms with Gasteiger partial charge in [0.2, 0.25) is 0 Å². The van der Waals surface area contributed by atoms with Gasteiger partial charge in [-0.25, -0.2) is 9.18 Å². The first kappa shape index (κ1) is 16.1. The van der Waals surface area contributed by atoms with Gasteiger partial charge >= 0.3 is 5.97 Å². The average Bonchev–Trinajstić information content (AvgIpc) is 3.23.